The summed E-state index contributed by atoms with van der Waals surface area (Å²) in [4.78, 5) is 0. The third-order valence-corrected chi connectivity index (χ3v) is 23.0. The molecule has 0 aliphatic carbocycles. The first kappa shape index (κ1) is 59.5. The van der Waals surface area contributed by atoms with E-state index in [1.54, 1.807) is 0 Å². The van der Waals surface area contributed by atoms with Gasteiger partial charge >= 0.3 is 302 Å². The molecule has 0 radical (unpaired) electrons. The van der Waals surface area contributed by atoms with E-state index in [1.807, 2.05) is 0 Å². The molecule has 0 saturated heterocycles. The molecule has 0 aliphatic heterocycles. The molecule has 0 fully saturated rings. The molecule has 0 rings (SSSR count). The quantitative estimate of drug-likeness (QED) is 0.0451. The van der Waals surface area contributed by atoms with Gasteiger partial charge in [-0.05, 0) is 0 Å². The summed E-state index contributed by atoms with van der Waals surface area (Å²) >= 11 is -4.82. The monoisotopic (exact) mass is 907 g/mol. The third-order valence-electron chi connectivity index (χ3n) is 13.0. The fraction of sp³-hybridized carbons (Fsp3) is 1.00. The van der Waals surface area contributed by atoms with Gasteiger partial charge in [-0.25, -0.2) is 0 Å². The molecule has 0 bridgehead atoms. The molecule has 0 aromatic carbocycles. The molecule has 0 unspecified atom stereocenters. The summed E-state index contributed by atoms with van der Waals surface area (Å²) in [5.74, 6) is 0. The molecule has 0 amide bonds. The van der Waals surface area contributed by atoms with Crippen LogP contribution in [0.4, 0.5) is 0 Å². The maximum atomic E-state index is 13.8. The van der Waals surface area contributed by atoms with Crippen molar-refractivity contribution in [2.45, 2.75) is 334 Å². The Kier molecular flexibility index (Phi) is 49.9. The average Bonchev–Trinajstić information content (AvgIpc) is 3.22. The Balaban J connectivity index is 4.97. The predicted octanol–water partition coefficient (Wildman–Crippen LogP) is 19.4. The molecular formula is C52H110CrO4Si2. The minimum absolute atomic E-state index is 1.01. The molecule has 7 heteroatoms. The number of rotatable bonds is 52. The van der Waals surface area contributed by atoms with E-state index < -0.39 is 31.7 Å². The van der Waals surface area contributed by atoms with Gasteiger partial charge in [0, 0.05) is 0 Å². The van der Waals surface area contributed by atoms with Crippen LogP contribution in [0, 0.1) is 0 Å². The fourth-order valence-electron chi connectivity index (χ4n) is 8.98. The fourth-order valence-corrected chi connectivity index (χ4v) is 19.3. The van der Waals surface area contributed by atoms with Crippen molar-refractivity contribution in [3.8, 4) is 0 Å². The molecular weight excluding hydrogens is 797 g/mol. The van der Waals surface area contributed by atoms with Gasteiger partial charge in [-0.2, -0.15) is 0 Å². The zero-order chi connectivity index (χ0) is 43.0. The standard InChI is InChI=1S/2C26H55OSi.Cr.2O/c2*1-3-5-7-9-11-13-15-17-19-21-23-25-28(27)26-24-22-20-18-16-14-12-10-8-6-4-2;;;/h2*28H,3-26H2,1-2H3;;;/q2*-1;+2;;. The van der Waals surface area contributed by atoms with Gasteiger partial charge < -0.3 is 0 Å². The number of unbranched alkanes of at least 4 members (excludes halogenated alkanes) is 40. The van der Waals surface area contributed by atoms with Crippen molar-refractivity contribution in [1.82, 2.24) is 0 Å². The van der Waals surface area contributed by atoms with E-state index in [4.69, 9.17) is 6.96 Å². The van der Waals surface area contributed by atoms with Crippen LogP contribution in [0.25, 0.3) is 0 Å². The first-order valence-electron chi connectivity index (χ1n) is 27.6. The van der Waals surface area contributed by atoms with Crippen molar-refractivity contribution < 1.29 is 28.2 Å². The van der Waals surface area contributed by atoms with Crippen molar-refractivity contribution in [1.29, 1.82) is 0 Å². The topological polar surface area (TPSA) is 52.6 Å². The molecule has 356 valence electrons. The van der Waals surface area contributed by atoms with Crippen LogP contribution in [-0.4, -0.2) is 18.1 Å². The van der Waals surface area contributed by atoms with Gasteiger partial charge in [-0.1, -0.05) is 79.1 Å². The summed E-state index contributed by atoms with van der Waals surface area (Å²) in [7, 11) is -3.72. The van der Waals surface area contributed by atoms with Crippen LogP contribution in [0.5, 0.6) is 0 Å². The van der Waals surface area contributed by atoms with E-state index in [-0.39, 0.29) is 0 Å². The molecule has 0 N–H and O–H groups in total. The van der Waals surface area contributed by atoms with Gasteiger partial charge in [-0.15, -0.1) is 0 Å². The van der Waals surface area contributed by atoms with Crippen LogP contribution in [0.15, 0.2) is 0 Å². The Labute approximate surface area is 378 Å². The van der Waals surface area contributed by atoms with Gasteiger partial charge in [0.05, 0.1) is 0 Å². The molecule has 0 saturated carbocycles. The SMILES string of the molecule is CCCCCCCCCCCCC[SiH](CCCCCCCCCCCCC)[O][Cr](=[O])(=[O])[O][SiH](CCCCCCCCCCCCC)CCCCCCCCCCCCC. The summed E-state index contributed by atoms with van der Waals surface area (Å²) in [5, 5.41) is 0. The van der Waals surface area contributed by atoms with Gasteiger partial charge in [-0.3, -0.25) is 0 Å². The van der Waals surface area contributed by atoms with Crippen molar-refractivity contribution in [3.05, 3.63) is 0 Å². The summed E-state index contributed by atoms with van der Waals surface area (Å²) < 4.78 is 40.0. The van der Waals surface area contributed by atoms with Gasteiger partial charge in [0.2, 0.25) is 0 Å². The second kappa shape index (κ2) is 49.5. The van der Waals surface area contributed by atoms with Crippen LogP contribution in [-0.2, 0) is 28.2 Å². The summed E-state index contributed by atoms with van der Waals surface area (Å²) in [6.07, 6.45) is 58.5. The molecule has 0 heterocycles. The molecule has 0 spiro atoms. The van der Waals surface area contributed by atoms with E-state index in [0.717, 1.165) is 49.9 Å². The molecule has 0 aromatic heterocycles. The van der Waals surface area contributed by atoms with E-state index in [9.17, 15) is 7.61 Å². The third kappa shape index (κ3) is 47.8. The number of hydrogen-bond acceptors (Lipinski definition) is 4. The smallest absolute Gasteiger partial charge is 0.0654 e. The normalized spacial score (nSPS) is 12.2. The molecule has 0 atom stereocenters. The van der Waals surface area contributed by atoms with Gasteiger partial charge in [0.25, 0.3) is 0 Å². The Morgan fingerprint density at radius 1 is 0.237 bits per heavy atom. The minimum atomic E-state index is -4.82. The Hall–Kier alpha value is 0.486. The zero-order valence-electron chi connectivity index (χ0n) is 41.1. The molecule has 0 aliphatic rings. The molecule has 4 nitrogen and oxygen atoms in total. The summed E-state index contributed by atoms with van der Waals surface area (Å²) in [5.41, 5.74) is 0. The summed E-state index contributed by atoms with van der Waals surface area (Å²) in [6, 6.07) is 4.02. The Bertz CT molecular complexity index is 772. The number of hydrogen-bond donors (Lipinski definition) is 0. The van der Waals surface area contributed by atoms with E-state index in [2.05, 4.69) is 27.7 Å². The molecule has 59 heavy (non-hydrogen) atoms. The van der Waals surface area contributed by atoms with Crippen LogP contribution < -0.4 is 0 Å². The zero-order valence-corrected chi connectivity index (χ0v) is 44.7. The second-order valence-electron chi connectivity index (χ2n) is 19.1. The summed E-state index contributed by atoms with van der Waals surface area (Å²) in [6.45, 7) is 9.16. The Morgan fingerprint density at radius 3 is 0.525 bits per heavy atom. The van der Waals surface area contributed by atoms with Crippen LogP contribution >= 0.6 is 0 Å². The van der Waals surface area contributed by atoms with Gasteiger partial charge in [0.15, 0.2) is 0 Å². The van der Waals surface area contributed by atoms with Crippen molar-refractivity contribution >= 4 is 18.1 Å². The van der Waals surface area contributed by atoms with E-state index in [1.165, 1.54) is 257 Å². The van der Waals surface area contributed by atoms with E-state index >= 15 is 0 Å². The Morgan fingerprint density at radius 2 is 0.373 bits per heavy atom. The van der Waals surface area contributed by atoms with Crippen LogP contribution in [0.2, 0.25) is 24.2 Å². The average molecular weight is 908 g/mol. The van der Waals surface area contributed by atoms with Crippen LogP contribution in [0.3, 0.4) is 0 Å². The minimum Gasteiger partial charge on any atom is -0.0654 e. The first-order valence-corrected chi connectivity index (χ1v) is 33.9. The van der Waals surface area contributed by atoms with Crippen molar-refractivity contribution in [3.63, 3.8) is 0 Å². The van der Waals surface area contributed by atoms with Crippen LogP contribution in [0.1, 0.15) is 310 Å². The second-order valence-corrected chi connectivity index (χ2v) is 27.4. The van der Waals surface area contributed by atoms with Gasteiger partial charge in [0.1, 0.15) is 0 Å². The first-order chi connectivity index (χ1) is 29.0. The van der Waals surface area contributed by atoms with E-state index in [0.29, 0.717) is 0 Å². The predicted molar refractivity (Wildman–Crippen MR) is 263 cm³/mol. The van der Waals surface area contributed by atoms with Crippen molar-refractivity contribution in [2.75, 3.05) is 0 Å². The maximum absolute atomic E-state index is 13.8. The van der Waals surface area contributed by atoms with Crippen molar-refractivity contribution in [2.24, 2.45) is 0 Å². The molecule has 0 aromatic rings.